The SMILES string of the molecule is CCC(N)(CC)CNS(=O)(=O)c1cc(F)c(C)c([N+](=O)[O-])c1.Cl. The van der Waals surface area contributed by atoms with Crippen molar-refractivity contribution in [3.05, 3.63) is 33.6 Å². The molecule has 0 aliphatic carbocycles. The summed E-state index contributed by atoms with van der Waals surface area (Å²) in [4.78, 5) is 9.56. The molecule has 0 aliphatic rings. The molecule has 23 heavy (non-hydrogen) atoms. The summed E-state index contributed by atoms with van der Waals surface area (Å²) in [5.74, 6) is -0.945. The Kier molecular flexibility index (Phi) is 7.55. The highest BCUT2D eigenvalue weighted by atomic mass is 35.5. The molecule has 0 saturated carbocycles. The van der Waals surface area contributed by atoms with Gasteiger partial charge >= 0.3 is 0 Å². The first-order chi connectivity index (χ1) is 10.1. The van der Waals surface area contributed by atoms with Gasteiger partial charge in [0.2, 0.25) is 10.0 Å². The van der Waals surface area contributed by atoms with Gasteiger partial charge < -0.3 is 5.73 Å². The number of nitrogens with one attached hydrogen (secondary N) is 1. The zero-order valence-electron chi connectivity index (χ0n) is 13.1. The molecular formula is C13H21ClFN3O4S. The van der Waals surface area contributed by atoms with E-state index in [9.17, 15) is 22.9 Å². The third-order valence-corrected chi connectivity index (χ3v) is 5.20. The molecule has 0 unspecified atom stereocenters. The molecule has 0 heterocycles. The Balaban J connectivity index is 0.00000484. The van der Waals surface area contributed by atoms with E-state index >= 15 is 0 Å². The molecule has 0 aliphatic heterocycles. The minimum absolute atomic E-state index is 0. The number of sulfonamides is 1. The van der Waals surface area contributed by atoms with E-state index in [1.54, 1.807) is 0 Å². The van der Waals surface area contributed by atoms with Crippen molar-refractivity contribution in [1.29, 1.82) is 0 Å². The predicted octanol–water partition coefficient (Wildman–Crippen LogP) is 2.26. The Morgan fingerprint density at radius 2 is 1.87 bits per heavy atom. The lowest BCUT2D eigenvalue weighted by atomic mass is 9.95. The van der Waals surface area contributed by atoms with Gasteiger partial charge in [-0.15, -0.1) is 12.4 Å². The van der Waals surface area contributed by atoms with Crippen LogP contribution in [0.2, 0.25) is 0 Å². The topological polar surface area (TPSA) is 115 Å². The van der Waals surface area contributed by atoms with Gasteiger partial charge in [-0.2, -0.15) is 0 Å². The minimum Gasteiger partial charge on any atom is -0.324 e. The second kappa shape index (κ2) is 8.00. The first-order valence-electron chi connectivity index (χ1n) is 6.79. The van der Waals surface area contributed by atoms with Gasteiger partial charge in [0.1, 0.15) is 5.82 Å². The van der Waals surface area contributed by atoms with E-state index in [1.165, 1.54) is 6.92 Å². The zero-order chi connectivity index (χ0) is 17.1. The second-order valence-corrected chi connectivity index (χ2v) is 6.97. The number of rotatable bonds is 7. The van der Waals surface area contributed by atoms with Crippen LogP contribution in [0.1, 0.15) is 32.3 Å². The van der Waals surface area contributed by atoms with E-state index in [2.05, 4.69) is 4.72 Å². The molecule has 0 amide bonds. The fourth-order valence-electron chi connectivity index (χ4n) is 1.81. The number of nitro benzene ring substituents is 1. The lowest BCUT2D eigenvalue weighted by Crippen LogP contribution is -2.49. The van der Waals surface area contributed by atoms with Gasteiger partial charge in [-0.3, -0.25) is 10.1 Å². The fourth-order valence-corrected chi connectivity index (χ4v) is 2.98. The smallest absolute Gasteiger partial charge is 0.276 e. The van der Waals surface area contributed by atoms with Crippen molar-refractivity contribution in [2.24, 2.45) is 5.73 Å². The van der Waals surface area contributed by atoms with Crippen molar-refractivity contribution in [3.63, 3.8) is 0 Å². The van der Waals surface area contributed by atoms with E-state index in [4.69, 9.17) is 5.73 Å². The van der Waals surface area contributed by atoms with E-state index in [0.717, 1.165) is 12.1 Å². The van der Waals surface area contributed by atoms with Gasteiger partial charge in [-0.05, 0) is 25.8 Å². The van der Waals surface area contributed by atoms with Gasteiger partial charge in [-0.1, -0.05) is 13.8 Å². The molecule has 0 aromatic heterocycles. The molecule has 0 radical (unpaired) electrons. The highest BCUT2D eigenvalue weighted by Crippen LogP contribution is 2.25. The Hall–Kier alpha value is -1.29. The third kappa shape index (κ3) is 5.10. The van der Waals surface area contributed by atoms with E-state index in [-0.39, 0.29) is 24.5 Å². The largest absolute Gasteiger partial charge is 0.324 e. The normalized spacial score (nSPS) is 11.9. The lowest BCUT2D eigenvalue weighted by Gasteiger charge is -2.26. The molecule has 0 saturated heterocycles. The number of nitrogens with two attached hydrogens (primary N) is 1. The first-order valence-corrected chi connectivity index (χ1v) is 8.27. The molecule has 1 aromatic carbocycles. The van der Waals surface area contributed by atoms with Crippen LogP contribution in [0.5, 0.6) is 0 Å². The van der Waals surface area contributed by atoms with Crippen molar-refractivity contribution in [2.75, 3.05) is 6.54 Å². The Bertz CT molecular complexity index is 678. The van der Waals surface area contributed by atoms with E-state index < -0.39 is 36.9 Å². The van der Waals surface area contributed by atoms with Crippen LogP contribution >= 0.6 is 12.4 Å². The van der Waals surface area contributed by atoms with Gasteiger partial charge in [0.05, 0.1) is 15.4 Å². The summed E-state index contributed by atoms with van der Waals surface area (Å²) < 4.78 is 40.4. The molecule has 1 aromatic rings. The molecule has 7 nitrogen and oxygen atoms in total. The molecule has 0 fully saturated rings. The number of benzene rings is 1. The highest BCUT2D eigenvalue weighted by molar-refractivity contribution is 7.89. The maximum absolute atomic E-state index is 13.7. The Morgan fingerprint density at radius 3 is 2.30 bits per heavy atom. The fraction of sp³-hybridized carbons (Fsp3) is 0.538. The van der Waals surface area contributed by atoms with Crippen molar-refractivity contribution >= 4 is 28.1 Å². The van der Waals surface area contributed by atoms with Crippen LogP contribution in [0.25, 0.3) is 0 Å². The summed E-state index contributed by atoms with van der Waals surface area (Å²) in [5, 5.41) is 10.9. The lowest BCUT2D eigenvalue weighted by molar-refractivity contribution is -0.385. The average Bonchev–Trinajstić information content (AvgIpc) is 2.47. The quantitative estimate of drug-likeness (QED) is 0.565. The summed E-state index contributed by atoms with van der Waals surface area (Å²) >= 11 is 0. The molecule has 1 rings (SSSR count). The van der Waals surface area contributed by atoms with Crippen molar-refractivity contribution in [1.82, 2.24) is 4.72 Å². The predicted molar refractivity (Wildman–Crippen MR) is 87.7 cm³/mol. The monoisotopic (exact) mass is 369 g/mol. The number of hydrogen-bond acceptors (Lipinski definition) is 5. The van der Waals surface area contributed by atoms with Gasteiger partial charge in [-0.25, -0.2) is 17.5 Å². The summed E-state index contributed by atoms with van der Waals surface area (Å²) in [6.45, 7) is 4.84. The molecule has 0 bridgehead atoms. The maximum atomic E-state index is 13.7. The zero-order valence-corrected chi connectivity index (χ0v) is 14.8. The van der Waals surface area contributed by atoms with Crippen LogP contribution in [0.3, 0.4) is 0 Å². The molecule has 132 valence electrons. The van der Waals surface area contributed by atoms with Gasteiger partial charge in [0, 0.05) is 18.2 Å². The van der Waals surface area contributed by atoms with Crippen LogP contribution in [-0.2, 0) is 10.0 Å². The number of hydrogen-bond donors (Lipinski definition) is 2. The molecular weight excluding hydrogens is 349 g/mol. The number of nitrogens with zero attached hydrogens (tertiary/aromatic N) is 1. The van der Waals surface area contributed by atoms with Crippen molar-refractivity contribution < 1.29 is 17.7 Å². The van der Waals surface area contributed by atoms with Crippen LogP contribution in [0, 0.1) is 22.9 Å². The Morgan fingerprint density at radius 1 is 1.35 bits per heavy atom. The van der Waals surface area contributed by atoms with Crippen molar-refractivity contribution in [2.45, 2.75) is 44.0 Å². The van der Waals surface area contributed by atoms with E-state index in [1.807, 2.05) is 13.8 Å². The van der Waals surface area contributed by atoms with Gasteiger partial charge in [0.25, 0.3) is 5.69 Å². The van der Waals surface area contributed by atoms with E-state index in [0.29, 0.717) is 12.8 Å². The first kappa shape index (κ1) is 21.7. The highest BCUT2D eigenvalue weighted by Gasteiger charge is 2.27. The molecule has 10 heteroatoms. The van der Waals surface area contributed by atoms with Gasteiger partial charge in [0.15, 0.2) is 0 Å². The number of halogens is 2. The molecule has 0 spiro atoms. The van der Waals surface area contributed by atoms with Crippen molar-refractivity contribution in [3.8, 4) is 0 Å². The maximum Gasteiger partial charge on any atom is 0.276 e. The minimum atomic E-state index is -4.08. The summed E-state index contributed by atoms with van der Waals surface area (Å²) in [7, 11) is -4.08. The standard InChI is InChI=1S/C13H20FN3O4S.ClH/c1-4-13(15,5-2)8-16-22(20,21)10-6-11(14)9(3)12(7-10)17(18)19;/h6-7,16H,4-5,8,15H2,1-3H3;1H. The second-order valence-electron chi connectivity index (χ2n) is 5.20. The molecule has 3 N–H and O–H groups in total. The van der Waals surface area contributed by atoms with Crippen LogP contribution in [-0.4, -0.2) is 25.4 Å². The van der Waals surface area contributed by atoms with Crippen LogP contribution < -0.4 is 10.5 Å². The Labute approximate surface area is 141 Å². The summed E-state index contributed by atoms with van der Waals surface area (Å²) in [6.07, 6.45) is 1.10. The summed E-state index contributed by atoms with van der Waals surface area (Å²) in [5.41, 5.74) is 4.50. The average molecular weight is 370 g/mol. The third-order valence-electron chi connectivity index (χ3n) is 3.82. The van der Waals surface area contributed by atoms with Crippen LogP contribution in [0.4, 0.5) is 10.1 Å². The molecule has 0 atom stereocenters. The number of nitro groups is 1. The van der Waals surface area contributed by atoms with Crippen LogP contribution in [0.15, 0.2) is 17.0 Å². The summed E-state index contributed by atoms with van der Waals surface area (Å²) in [6, 6.07) is 1.61.